The van der Waals surface area contributed by atoms with Crippen LogP contribution in [0.3, 0.4) is 0 Å². The molecule has 1 aromatic heterocycles. The summed E-state index contributed by atoms with van der Waals surface area (Å²) in [6.07, 6.45) is 1.57. The zero-order valence-corrected chi connectivity index (χ0v) is 12.4. The first-order valence-electron chi connectivity index (χ1n) is 6.41. The molecule has 0 aliphatic heterocycles. The van der Waals surface area contributed by atoms with Gasteiger partial charge in [0.15, 0.2) is 6.61 Å². The quantitative estimate of drug-likeness (QED) is 0.800. The fourth-order valence-electron chi connectivity index (χ4n) is 1.76. The summed E-state index contributed by atoms with van der Waals surface area (Å²) < 4.78 is 10.6. The van der Waals surface area contributed by atoms with E-state index < -0.39 is 0 Å². The minimum Gasteiger partial charge on any atom is -0.484 e. The van der Waals surface area contributed by atoms with Crippen molar-refractivity contribution >= 4 is 23.1 Å². The number of nitrogens with one attached hydrogen (secondary N) is 1. The number of carbonyl (C=O) groups is 1. The second kappa shape index (κ2) is 6.90. The van der Waals surface area contributed by atoms with Crippen molar-refractivity contribution < 1.29 is 13.9 Å². The van der Waals surface area contributed by atoms with E-state index in [9.17, 15) is 4.79 Å². The highest BCUT2D eigenvalue weighted by Crippen LogP contribution is 2.13. The Morgan fingerprint density at radius 2 is 2.10 bits per heavy atom. The van der Waals surface area contributed by atoms with E-state index in [2.05, 4.69) is 5.32 Å². The molecule has 1 atom stereocenters. The Morgan fingerprint density at radius 1 is 1.38 bits per heavy atom. The normalized spacial score (nSPS) is 11.7. The number of carbonyl (C=O) groups excluding carboxylic acids is 1. The van der Waals surface area contributed by atoms with Gasteiger partial charge in [-0.2, -0.15) is 0 Å². The Balaban J connectivity index is 1.82. The number of rotatable bonds is 6. The lowest BCUT2D eigenvalue weighted by Gasteiger charge is -2.12. The first-order valence-corrected chi connectivity index (χ1v) is 6.82. The van der Waals surface area contributed by atoms with Crippen molar-refractivity contribution in [2.75, 3.05) is 6.61 Å². The Kier molecular flexibility index (Phi) is 4.94. The summed E-state index contributed by atoms with van der Waals surface area (Å²) >= 11 is 4.86. The van der Waals surface area contributed by atoms with Crippen molar-refractivity contribution in [1.82, 2.24) is 5.32 Å². The van der Waals surface area contributed by atoms with Crippen LogP contribution in [-0.4, -0.2) is 17.5 Å². The van der Waals surface area contributed by atoms with Crippen LogP contribution in [0, 0.1) is 0 Å². The fraction of sp³-hybridized carbons (Fsp3) is 0.200. The standard InChI is InChI=1S/C15H16N2O3S/c1-10(13-3-2-8-19-13)17-14(18)9-20-12-6-4-11(5-7-12)15(16)21/h2-8,10H,9H2,1H3,(H2,16,21)(H,17,18). The average Bonchev–Trinajstić information content (AvgIpc) is 3.00. The molecule has 6 heteroatoms. The van der Waals surface area contributed by atoms with Gasteiger partial charge in [0.1, 0.15) is 16.5 Å². The van der Waals surface area contributed by atoms with Crippen LogP contribution in [0.4, 0.5) is 0 Å². The van der Waals surface area contributed by atoms with E-state index >= 15 is 0 Å². The summed E-state index contributed by atoms with van der Waals surface area (Å²) in [7, 11) is 0. The largest absolute Gasteiger partial charge is 0.484 e. The minimum atomic E-state index is -0.225. The molecule has 1 heterocycles. The molecule has 0 aliphatic rings. The van der Waals surface area contributed by atoms with Crippen LogP contribution in [0.1, 0.15) is 24.3 Å². The van der Waals surface area contributed by atoms with E-state index in [0.29, 0.717) is 16.5 Å². The molecule has 2 aromatic rings. The van der Waals surface area contributed by atoms with Crippen LogP contribution in [0.5, 0.6) is 5.75 Å². The lowest BCUT2D eigenvalue weighted by molar-refractivity contribution is -0.123. The molecule has 21 heavy (non-hydrogen) atoms. The number of ether oxygens (including phenoxy) is 1. The maximum absolute atomic E-state index is 11.8. The van der Waals surface area contributed by atoms with Crippen molar-refractivity contribution in [2.45, 2.75) is 13.0 Å². The molecule has 0 spiro atoms. The monoisotopic (exact) mass is 304 g/mol. The van der Waals surface area contributed by atoms with Gasteiger partial charge >= 0.3 is 0 Å². The third kappa shape index (κ3) is 4.32. The highest BCUT2D eigenvalue weighted by Gasteiger charge is 2.12. The van der Waals surface area contributed by atoms with E-state index in [0.717, 1.165) is 5.56 Å². The van der Waals surface area contributed by atoms with E-state index in [1.54, 1.807) is 42.7 Å². The predicted molar refractivity (Wildman–Crippen MR) is 83.1 cm³/mol. The number of amides is 1. The van der Waals surface area contributed by atoms with Crippen LogP contribution in [-0.2, 0) is 4.79 Å². The van der Waals surface area contributed by atoms with Gasteiger partial charge in [-0.25, -0.2) is 0 Å². The Morgan fingerprint density at radius 3 is 2.67 bits per heavy atom. The lowest BCUT2D eigenvalue weighted by atomic mass is 10.2. The topological polar surface area (TPSA) is 77.5 Å². The highest BCUT2D eigenvalue weighted by molar-refractivity contribution is 7.80. The first kappa shape index (κ1) is 15.1. The maximum atomic E-state index is 11.8. The maximum Gasteiger partial charge on any atom is 0.258 e. The Hall–Kier alpha value is -2.34. The van der Waals surface area contributed by atoms with E-state index in [-0.39, 0.29) is 18.6 Å². The zero-order chi connectivity index (χ0) is 15.2. The summed E-state index contributed by atoms with van der Waals surface area (Å²) in [6.45, 7) is 1.77. The van der Waals surface area contributed by atoms with Crippen molar-refractivity contribution in [2.24, 2.45) is 5.73 Å². The average molecular weight is 304 g/mol. The molecule has 0 saturated carbocycles. The van der Waals surface area contributed by atoms with Gasteiger partial charge in [-0.15, -0.1) is 0 Å². The van der Waals surface area contributed by atoms with Crippen LogP contribution in [0.2, 0.25) is 0 Å². The molecule has 1 amide bonds. The van der Waals surface area contributed by atoms with Crippen molar-refractivity contribution in [1.29, 1.82) is 0 Å². The highest BCUT2D eigenvalue weighted by atomic mass is 32.1. The Labute approximate surface area is 128 Å². The third-order valence-corrected chi connectivity index (χ3v) is 3.09. The molecule has 110 valence electrons. The van der Waals surface area contributed by atoms with Gasteiger partial charge in [-0.3, -0.25) is 4.79 Å². The van der Waals surface area contributed by atoms with Gasteiger partial charge < -0.3 is 20.2 Å². The van der Waals surface area contributed by atoms with Gasteiger partial charge in [-0.05, 0) is 43.3 Å². The molecule has 0 saturated heterocycles. The molecule has 2 rings (SSSR count). The molecule has 0 fully saturated rings. The molecule has 0 aliphatic carbocycles. The minimum absolute atomic E-state index is 0.0720. The number of benzene rings is 1. The molecule has 0 bridgehead atoms. The van der Waals surface area contributed by atoms with Gasteiger partial charge in [0, 0.05) is 5.56 Å². The zero-order valence-electron chi connectivity index (χ0n) is 11.5. The summed E-state index contributed by atoms with van der Waals surface area (Å²) in [5.41, 5.74) is 6.26. The van der Waals surface area contributed by atoms with Gasteiger partial charge in [0.25, 0.3) is 5.91 Å². The summed E-state index contributed by atoms with van der Waals surface area (Å²) in [4.78, 5) is 12.1. The summed E-state index contributed by atoms with van der Waals surface area (Å²) in [5, 5.41) is 2.78. The van der Waals surface area contributed by atoms with E-state index in [1.807, 2.05) is 6.92 Å². The first-order chi connectivity index (χ1) is 10.1. The van der Waals surface area contributed by atoms with Crippen molar-refractivity contribution in [3.8, 4) is 5.75 Å². The van der Waals surface area contributed by atoms with E-state index in [4.69, 9.17) is 27.1 Å². The SMILES string of the molecule is CC(NC(=O)COc1ccc(C(N)=S)cc1)c1ccco1. The number of nitrogens with two attached hydrogens (primary N) is 1. The third-order valence-electron chi connectivity index (χ3n) is 2.86. The molecule has 1 unspecified atom stereocenters. The predicted octanol–water partition coefficient (Wildman–Crippen LogP) is 2.17. The molecule has 3 N–H and O–H groups in total. The van der Waals surface area contributed by atoms with Gasteiger partial charge in [0.2, 0.25) is 0 Å². The van der Waals surface area contributed by atoms with Gasteiger partial charge in [-0.1, -0.05) is 12.2 Å². The molecule has 5 nitrogen and oxygen atoms in total. The Bertz CT molecular complexity index is 608. The van der Waals surface area contributed by atoms with Gasteiger partial charge in [0.05, 0.1) is 12.3 Å². The lowest BCUT2D eigenvalue weighted by Crippen LogP contribution is -2.31. The number of furan rings is 1. The number of hydrogen-bond acceptors (Lipinski definition) is 4. The summed E-state index contributed by atoms with van der Waals surface area (Å²) in [5.74, 6) is 1.05. The molecule has 0 radical (unpaired) electrons. The smallest absolute Gasteiger partial charge is 0.258 e. The van der Waals surface area contributed by atoms with Crippen LogP contribution < -0.4 is 15.8 Å². The molecular weight excluding hydrogens is 288 g/mol. The van der Waals surface area contributed by atoms with Crippen LogP contribution in [0.15, 0.2) is 47.1 Å². The molecular formula is C15H16N2O3S. The van der Waals surface area contributed by atoms with Crippen molar-refractivity contribution in [3.05, 3.63) is 54.0 Å². The summed E-state index contributed by atoms with van der Waals surface area (Å²) in [6, 6.07) is 10.3. The van der Waals surface area contributed by atoms with Crippen molar-refractivity contribution in [3.63, 3.8) is 0 Å². The van der Waals surface area contributed by atoms with E-state index in [1.165, 1.54) is 0 Å². The van der Waals surface area contributed by atoms with Crippen LogP contribution in [0.25, 0.3) is 0 Å². The van der Waals surface area contributed by atoms with Crippen LogP contribution >= 0.6 is 12.2 Å². The second-order valence-corrected chi connectivity index (χ2v) is 4.92. The number of hydrogen-bond donors (Lipinski definition) is 2. The number of thiocarbonyl (C=S) groups is 1. The fourth-order valence-corrected chi connectivity index (χ4v) is 1.89. The second-order valence-electron chi connectivity index (χ2n) is 4.48. The molecule has 1 aromatic carbocycles.